The van der Waals surface area contributed by atoms with Crippen LogP contribution in [0, 0.1) is 16.7 Å². The molecular formula is C13H22N2S. The molecule has 0 bridgehead atoms. The van der Waals surface area contributed by atoms with Gasteiger partial charge in [-0.2, -0.15) is 0 Å². The molecule has 0 amide bonds. The van der Waals surface area contributed by atoms with Crippen molar-refractivity contribution < 1.29 is 0 Å². The van der Waals surface area contributed by atoms with Crippen molar-refractivity contribution in [2.75, 3.05) is 7.05 Å². The molecule has 90 valence electrons. The first-order valence-electron chi connectivity index (χ1n) is 5.96. The zero-order valence-electron chi connectivity index (χ0n) is 10.9. The molecule has 1 N–H and O–H groups in total. The van der Waals surface area contributed by atoms with Crippen molar-refractivity contribution >= 4 is 11.3 Å². The summed E-state index contributed by atoms with van der Waals surface area (Å²) in [6.45, 7) is 9.53. The van der Waals surface area contributed by atoms with Crippen LogP contribution < -0.4 is 5.32 Å². The maximum atomic E-state index is 4.15. The largest absolute Gasteiger partial charge is 0.316 e. The van der Waals surface area contributed by atoms with E-state index in [0.29, 0.717) is 16.9 Å². The smallest absolute Gasteiger partial charge is 0.0794 e. The predicted octanol–water partition coefficient (Wildman–Crippen LogP) is 2.96. The van der Waals surface area contributed by atoms with Gasteiger partial charge in [0.2, 0.25) is 0 Å². The molecule has 3 heteroatoms. The highest BCUT2D eigenvalue weighted by Crippen LogP contribution is 2.69. The van der Waals surface area contributed by atoms with Crippen LogP contribution in [-0.2, 0) is 6.42 Å². The van der Waals surface area contributed by atoms with Crippen molar-refractivity contribution in [3.8, 4) is 0 Å². The minimum atomic E-state index is 0.450. The first-order valence-corrected chi connectivity index (χ1v) is 6.84. The molecule has 0 aliphatic heterocycles. The van der Waals surface area contributed by atoms with E-state index in [0.717, 1.165) is 12.3 Å². The Morgan fingerprint density at radius 1 is 1.38 bits per heavy atom. The molecule has 1 unspecified atom stereocenters. The summed E-state index contributed by atoms with van der Waals surface area (Å²) in [5.41, 5.74) is 2.82. The average molecular weight is 238 g/mol. The van der Waals surface area contributed by atoms with Gasteiger partial charge in [-0.25, -0.2) is 0 Å². The Balaban J connectivity index is 2.08. The van der Waals surface area contributed by atoms with E-state index in [1.807, 2.05) is 11.7 Å². The van der Waals surface area contributed by atoms with E-state index < -0.39 is 0 Å². The van der Waals surface area contributed by atoms with Crippen molar-refractivity contribution in [2.45, 2.75) is 40.2 Å². The van der Waals surface area contributed by atoms with E-state index in [1.54, 1.807) is 11.3 Å². The van der Waals surface area contributed by atoms with Gasteiger partial charge in [-0.1, -0.05) is 27.7 Å². The van der Waals surface area contributed by atoms with E-state index in [2.05, 4.69) is 45.0 Å². The lowest BCUT2D eigenvalue weighted by atomic mass is 10.0. The Hall–Kier alpha value is -0.410. The van der Waals surface area contributed by atoms with Gasteiger partial charge < -0.3 is 5.32 Å². The SMILES string of the molecule is CNC(Cc1cncs1)C1C(C)(C)C1(C)C. The summed E-state index contributed by atoms with van der Waals surface area (Å²) in [4.78, 5) is 5.54. The lowest BCUT2D eigenvalue weighted by Gasteiger charge is -2.17. The number of hydrogen-bond acceptors (Lipinski definition) is 3. The second kappa shape index (κ2) is 3.81. The molecule has 16 heavy (non-hydrogen) atoms. The fourth-order valence-corrected chi connectivity index (χ4v) is 3.85. The summed E-state index contributed by atoms with van der Waals surface area (Å²) in [6.07, 6.45) is 3.11. The molecule has 1 aromatic heterocycles. The molecule has 0 radical (unpaired) electrons. The number of thiazole rings is 1. The summed E-state index contributed by atoms with van der Waals surface area (Å²) in [5.74, 6) is 0.757. The van der Waals surface area contributed by atoms with Gasteiger partial charge in [0.1, 0.15) is 0 Å². The highest BCUT2D eigenvalue weighted by molar-refractivity contribution is 7.09. The molecule has 0 saturated heterocycles. The first-order chi connectivity index (χ1) is 7.41. The van der Waals surface area contributed by atoms with Crippen molar-refractivity contribution in [2.24, 2.45) is 16.7 Å². The van der Waals surface area contributed by atoms with Crippen LogP contribution in [0.15, 0.2) is 11.7 Å². The Morgan fingerprint density at radius 3 is 2.38 bits per heavy atom. The average Bonchev–Trinajstić information content (AvgIpc) is 2.63. The van der Waals surface area contributed by atoms with Gasteiger partial charge in [-0.3, -0.25) is 4.98 Å². The van der Waals surface area contributed by atoms with Crippen LogP contribution in [0.1, 0.15) is 32.6 Å². The Bertz CT molecular complexity index is 340. The van der Waals surface area contributed by atoms with Gasteiger partial charge in [0.15, 0.2) is 0 Å². The van der Waals surface area contributed by atoms with Gasteiger partial charge in [0.25, 0.3) is 0 Å². The maximum absolute atomic E-state index is 4.15. The summed E-state index contributed by atoms with van der Waals surface area (Å²) >= 11 is 1.76. The second-order valence-corrected chi connectivity index (χ2v) is 6.96. The van der Waals surface area contributed by atoms with E-state index in [4.69, 9.17) is 0 Å². The van der Waals surface area contributed by atoms with Crippen LogP contribution in [0.5, 0.6) is 0 Å². The molecule has 1 aromatic rings. The van der Waals surface area contributed by atoms with Crippen LogP contribution in [0.4, 0.5) is 0 Å². The monoisotopic (exact) mass is 238 g/mol. The number of rotatable bonds is 4. The maximum Gasteiger partial charge on any atom is 0.0794 e. The highest BCUT2D eigenvalue weighted by Gasteiger charge is 2.66. The fourth-order valence-electron chi connectivity index (χ4n) is 3.20. The van der Waals surface area contributed by atoms with Crippen molar-refractivity contribution in [3.05, 3.63) is 16.6 Å². The van der Waals surface area contributed by atoms with E-state index >= 15 is 0 Å². The molecule has 1 atom stereocenters. The van der Waals surface area contributed by atoms with Crippen molar-refractivity contribution in [1.29, 1.82) is 0 Å². The zero-order chi connectivity index (χ0) is 12.0. The van der Waals surface area contributed by atoms with Gasteiger partial charge >= 0.3 is 0 Å². The third kappa shape index (κ3) is 1.70. The third-order valence-electron chi connectivity index (χ3n) is 4.81. The first kappa shape index (κ1) is 12.1. The lowest BCUT2D eigenvalue weighted by Crippen LogP contribution is -2.32. The van der Waals surface area contributed by atoms with Gasteiger partial charge in [-0.15, -0.1) is 11.3 Å². The predicted molar refractivity (Wildman–Crippen MR) is 69.7 cm³/mol. The van der Waals surface area contributed by atoms with Gasteiger partial charge in [-0.05, 0) is 30.2 Å². The van der Waals surface area contributed by atoms with E-state index in [-0.39, 0.29) is 0 Å². The summed E-state index contributed by atoms with van der Waals surface area (Å²) < 4.78 is 0. The van der Waals surface area contributed by atoms with Crippen molar-refractivity contribution in [3.63, 3.8) is 0 Å². The van der Waals surface area contributed by atoms with Crippen LogP contribution in [0.25, 0.3) is 0 Å². The Labute approximate surface area is 102 Å². The Kier molecular flexibility index (Phi) is 2.87. The molecule has 1 saturated carbocycles. The molecule has 1 fully saturated rings. The summed E-state index contributed by atoms with van der Waals surface area (Å²) in [6, 6.07) is 0.574. The van der Waals surface area contributed by atoms with Crippen LogP contribution in [-0.4, -0.2) is 18.1 Å². The van der Waals surface area contributed by atoms with Gasteiger partial charge in [0, 0.05) is 17.1 Å². The number of nitrogens with zero attached hydrogens (tertiary/aromatic N) is 1. The van der Waals surface area contributed by atoms with Crippen LogP contribution >= 0.6 is 11.3 Å². The van der Waals surface area contributed by atoms with Crippen LogP contribution in [0.2, 0.25) is 0 Å². The molecule has 0 spiro atoms. The summed E-state index contributed by atoms with van der Waals surface area (Å²) in [5, 5.41) is 3.49. The topological polar surface area (TPSA) is 24.9 Å². The number of hydrogen-bond donors (Lipinski definition) is 1. The summed E-state index contributed by atoms with van der Waals surface area (Å²) in [7, 11) is 2.08. The second-order valence-electron chi connectivity index (χ2n) is 5.99. The quantitative estimate of drug-likeness (QED) is 0.872. The molecule has 1 heterocycles. The third-order valence-corrected chi connectivity index (χ3v) is 5.61. The van der Waals surface area contributed by atoms with Gasteiger partial charge in [0.05, 0.1) is 5.51 Å². The number of likely N-dealkylation sites (N-methyl/N-ethyl adjacent to an activating group) is 1. The van der Waals surface area contributed by atoms with Crippen molar-refractivity contribution in [1.82, 2.24) is 10.3 Å². The van der Waals surface area contributed by atoms with E-state index in [9.17, 15) is 0 Å². The molecule has 2 rings (SSSR count). The molecule has 1 aliphatic rings. The Morgan fingerprint density at radius 2 is 2.00 bits per heavy atom. The number of aromatic nitrogens is 1. The number of nitrogens with one attached hydrogen (secondary N) is 1. The normalized spacial score (nSPS) is 24.3. The molecule has 2 nitrogen and oxygen atoms in total. The minimum absolute atomic E-state index is 0.450. The highest BCUT2D eigenvalue weighted by atomic mass is 32.1. The van der Waals surface area contributed by atoms with Crippen LogP contribution in [0.3, 0.4) is 0 Å². The fraction of sp³-hybridized carbons (Fsp3) is 0.769. The zero-order valence-corrected chi connectivity index (χ0v) is 11.7. The van der Waals surface area contributed by atoms with E-state index in [1.165, 1.54) is 4.88 Å². The lowest BCUT2D eigenvalue weighted by molar-refractivity contribution is 0.423. The molecular weight excluding hydrogens is 216 g/mol. The standard InChI is InChI=1S/C13H22N2S/c1-12(2)11(13(12,3)4)10(14-5)6-9-7-15-8-16-9/h7-8,10-11,14H,6H2,1-5H3. The molecule has 0 aromatic carbocycles. The minimum Gasteiger partial charge on any atom is -0.316 e. The molecule has 1 aliphatic carbocycles.